The van der Waals surface area contributed by atoms with E-state index < -0.39 is 0 Å². The summed E-state index contributed by atoms with van der Waals surface area (Å²) in [6.07, 6.45) is 5.45. The highest BCUT2D eigenvalue weighted by molar-refractivity contribution is 5.90. The number of aromatic nitrogens is 1. The second-order valence-electron chi connectivity index (χ2n) is 4.44. The zero-order valence-corrected chi connectivity index (χ0v) is 10.1. The fourth-order valence-corrected chi connectivity index (χ4v) is 2.32. The summed E-state index contributed by atoms with van der Waals surface area (Å²) in [6.45, 7) is 0. The third-order valence-electron chi connectivity index (χ3n) is 3.29. The van der Waals surface area contributed by atoms with Crippen molar-refractivity contribution in [1.82, 2.24) is 0 Å². The Morgan fingerprint density at radius 3 is 2.39 bits per heavy atom. The number of aryl methyl sites for hydroxylation is 1. The summed E-state index contributed by atoms with van der Waals surface area (Å²) >= 11 is 0. The molecule has 0 amide bonds. The van der Waals surface area contributed by atoms with Crippen LogP contribution in [0.2, 0.25) is 0 Å². The highest BCUT2D eigenvalue weighted by atomic mass is 14.9. The minimum Gasteiger partial charge on any atom is -0.399 e. The molecule has 2 heteroatoms. The van der Waals surface area contributed by atoms with Crippen molar-refractivity contribution >= 4 is 27.5 Å². The molecule has 0 saturated heterocycles. The number of fused-ring (bicyclic) bond motifs is 2. The highest BCUT2D eigenvalue weighted by Gasteiger charge is 2.11. The zero-order valence-electron chi connectivity index (χ0n) is 10.1. The van der Waals surface area contributed by atoms with Gasteiger partial charge in [0, 0.05) is 34.2 Å². The van der Waals surface area contributed by atoms with Gasteiger partial charge < -0.3 is 5.73 Å². The third kappa shape index (κ3) is 1.49. The summed E-state index contributed by atoms with van der Waals surface area (Å²) in [4.78, 5) is 0. The Labute approximate surface area is 106 Å². The van der Waals surface area contributed by atoms with E-state index in [1.165, 1.54) is 10.8 Å². The number of nitrogens with two attached hydrogens (primary N) is 1. The lowest BCUT2D eigenvalue weighted by atomic mass is 10.1. The normalized spacial score (nSPS) is 10.7. The van der Waals surface area contributed by atoms with Crippen LogP contribution in [-0.4, -0.2) is 0 Å². The van der Waals surface area contributed by atoms with Gasteiger partial charge in [-0.3, -0.25) is 0 Å². The third-order valence-corrected chi connectivity index (χ3v) is 3.29. The molecule has 0 aliphatic carbocycles. The van der Waals surface area contributed by atoms with Crippen LogP contribution in [0.4, 0.5) is 5.69 Å². The molecule has 0 spiro atoms. The van der Waals surface area contributed by atoms with Gasteiger partial charge in [-0.1, -0.05) is 5.92 Å². The van der Waals surface area contributed by atoms with Gasteiger partial charge in [0.05, 0.1) is 0 Å². The average Bonchev–Trinajstić information content (AvgIpc) is 2.40. The first kappa shape index (κ1) is 10.6. The van der Waals surface area contributed by atoms with Gasteiger partial charge in [-0.05, 0) is 30.3 Å². The van der Waals surface area contributed by atoms with Crippen LogP contribution in [-0.2, 0) is 7.05 Å². The van der Waals surface area contributed by atoms with Crippen molar-refractivity contribution in [2.75, 3.05) is 5.73 Å². The number of rotatable bonds is 0. The minimum absolute atomic E-state index is 0.769. The predicted molar refractivity (Wildman–Crippen MR) is 75.0 cm³/mol. The van der Waals surface area contributed by atoms with Crippen molar-refractivity contribution < 1.29 is 4.57 Å². The van der Waals surface area contributed by atoms with Crippen LogP contribution in [0.5, 0.6) is 0 Å². The zero-order chi connectivity index (χ0) is 12.7. The second-order valence-corrected chi connectivity index (χ2v) is 4.44. The van der Waals surface area contributed by atoms with Crippen molar-refractivity contribution in [2.45, 2.75) is 0 Å². The molecule has 86 valence electrons. The van der Waals surface area contributed by atoms with Gasteiger partial charge in [-0.25, -0.2) is 0 Å². The van der Waals surface area contributed by atoms with Gasteiger partial charge >= 0.3 is 0 Å². The summed E-state index contributed by atoms with van der Waals surface area (Å²) < 4.78 is 2.13. The number of benzene rings is 2. The van der Waals surface area contributed by atoms with Crippen LogP contribution in [0.1, 0.15) is 5.56 Å². The highest BCUT2D eigenvalue weighted by Crippen LogP contribution is 2.20. The molecule has 0 saturated carbocycles. The lowest BCUT2D eigenvalue weighted by Gasteiger charge is -2.03. The van der Waals surface area contributed by atoms with Crippen LogP contribution < -0.4 is 10.3 Å². The Morgan fingerprint density at radius 2 is 1.67 bits per heavy atom. The van der Waals surface area contributed by atoms with Crippen molar-refractivity contribution in [3.8, 4) is 12.3 Å². The second kappa shape index (κ2) is 3.75. The summed E-state index contributed by atoms with van der Waals surface area (Å²) in [5, 5.41) is 2.35. The number of hydrogen-bond donors (Lipinski definition) is 1. The summed E-state index contributed by atoms with van der Waals surface area (Å²) in [5.74, 6) is 2.67. The molecule has 0 bridgehead atoms. The first-order valence-corrected chi connectivity index (χ1v) is 5.78. The molecule has 0 aliphatic heterocycles. The number of nitrogens with zero attached hydrogens (tertiary/aromatic N) is 1. The molecule has 2 N–H and O–H groups in total. The molecule has 0 aliphatic rings. The smallest absolute Gasteiger partial charge is 0.214 e. The van der Waals surface area contributed by atoms with Crippen LogP contribution in [0, 0.1) is 12.3 Å². The number of anilines is 1. The van der Waals surface area contributed by atoms with Crippen molar-refractivity contribution in [1.29, 1.82) is 0 Å². The molecule has 18 heavy (non-hydrogen) atoms. The molecule has 1 aromatic heterocycles. The van der Waals surface area contributed by atoms with E-state index in [1.54, 1.807) is 0 Å². The van der Waals surface area contributed by atoms with E-state index in [2.05, 4.69) is 22.6 Å². The molecule has 2 aromatic carbocycles. The Kier molecular flexibility index (Phi) is 2.21. The Hall–Kier alpha value is -2.53. The van der Waals surface area contributed by atoms with E-state index in [4.69, 9.17) is 12.2 Å². The van der Waals surface area contributed by atoms with Crippen LogP contribution in [0.25, 0.3) is 21.8 Å². The number of terminal acetylenes is 1. The van der Waals surface area contributed by atoms with E-state index in [0.717, 1.165) is 22.3 Å². The molecule has 0 fully saturated rings. The van der Waals surface area contributed by atoms with Crippen LogP contribution in [0.15, 0.2) is 42.5 Å². The maximum absolute atomic E-state index is 5.85. The predicted octanol–water partition coefficient (Wildman–Crippen LogP) is 2.38. The maximum Gasteiger partial charge on any atom is 0.214 e. The Morgan fingerprint density at radius 1 is 1.00 bits per heavy atom. The Balaban J connectivity index is 2.50. The summed E-state index contributed by atoms with van der Waals surface area (Å²) in [5.41, 5.74) is 9.73. The van der Waals surface area contributed by atoms with Crippen LogP contribution in [0.3, 0.4) is 0 Å². The van der Waals surface area contributed by atoms with Crippen molar-refractivity contribution in [2.24, 2.45) is 7.05 Å². The number of hydrogen-bond acceptors (Lipinski definition) is 1. The number of nitrogen functional groups attached to an aromatic ring is 1. The molecular formula is C16H13N2+. The topological polar surface area (TPSA) is 29.9 Å². The van der Waals surface area contributed by atoms with Gasteiger partial charge in [0.15, 0.2) is 0 Å². The molecule has 0 atom stereocenters. The molecule has 0 radical (unpaired) electrons. The van der Waals surface area contributed by atoms with Gasteiger partial charge in [-0.15, -0.1) is 6.42 Å². The SMILES string of the molecule is C#Cc1ccc2cc3ccc(N)cc3[n+](C)c2c1. The maximum atomic E-state index is 5.85. The van der Waals surface area contributed by atoms with E-state index in [9.17, 15) is 0 Å². The molecule has 2 nitrogen and oxygen atoms in total. The molecule has 1 heterocycles. The van der Waals surface area contributed by atoms with E-state index in [-0.39, 0.29) is 0 Å². The molecular weight excluding hydrogens is 220 g/mol. The van der Waals surface area contributed by atoms with Gasteiger partial charge in [0.25, 0.3) is 0 Å². The van der Waals surface area contributed by atoms with E-state index in [0.29, 0.717) is 0 Å². The van der Waals surface area contributed by atoms with Crippen LogP contribution >= 0.6 is 0 Å². The quantitative estimate of drug-likeness (QED) is 0.275. The summed E-state index contributed by atoms with van der Waals surface area (Å²) in [6, 6.07) is 14.1. The van der Waals surface area contributed by atoms with E-state index >= 15 is 0 Å². The van der Waals surface area contributed by atoms with Gasteiger partial charge in [-0.2, -0.15) is 4.57 Å². The Bertz CT molecular complexity index is 811. The molecule has 0 unspecified atom stereocenters. The molecule has 3 rings (SSSR count). The lowest BCUT2D eigenvalue weighted by Crippen LogP contribution is -2.30. The summed E-state index contributed by atoms with van der Waals surface area (Å²) in [7, 11) is 2.03. The number of pyridine rings is 1. The molecule has 3 aromatic rings. The first-order chi connectivity index (χ1) is 8.69. The standard InChI is InChI=1S/C16H12N2/c1-3-11-4-5-12-9-13-6-7-14(17)10-16(13)18(2)15(12)8-11/h1,4-10,17H,2H3/p+1. The largest absolute Gasteiger partial charge is 0.399 e. The monoisotopic (exact) mass is 233 g/mol. The van der Waals surface area contributed by atoms with Crippen molar-refractivity contribution in [3.05, 3.63) is 48.0 Å². The van der Waals surface area contributed by atoms with Gasteiger partial charge in [0.2, 0.25) is 11.0 Å². The lowest BCUT2D eigenvalue weighted by molar-refractivity contribution is -0.617. The van der Waals surface area contributed by atoms with Crippen molar-refractivity contribution in [3.63, 3.8) is 0 Å². The average molecular weight is 233 g/mol. The van der Waals surface area contributed by atoms with E-state index in [1.807, 2.05) is 37.4 Å². The van der Waals surface area contributed by atoms with Gasteiger partial charge in [0.1, 0.15) is 7.05 Å². The fraction of sp³-hybridized carbons (Fsp3) is 0.0625. The first-order valence-electron chi connectivity index (χ1n) is 5.78. The minimum atomic E-state index is 0.769. The fourth-order valence-electron chi connectivity index (χ4n) is 2.32.